The van der Waals surface area contributed by atoms with Gasteiger partial charge in [-0.05, 0) is 67.5 Å². The molecule has 1 aliphatic heterocycles. The predicted octanol–water partition coefficient (Wildman–Crippen LogP) is 4.60. The SMILES string of the molecule is Cc1cc(Cl)ccc1OCC(=O)N(Cc1sccc1C)C[C@H]1CCCO1. The first-order valence-corrected chi connectivity index (χ1v) is 10.1. The van der Waals surface area contributed by atoms with Gasteiger partial charge in [-0.1, -0.05) is 11.6 Å². The van der Waals surface area contributed by atoms with Gasteiger partial charge in [-0.2, -0.15) is 0 Å². The molecule has 2 aromatic rings. The van der Waals surface area contributed by atoms with E-state index < -0.39 is 0 Å². The van der Waals surface area contributed by atoms with Gasteiger partial charge in [0.2, 0.25) is 0 Å². The zero-order valence-corrected chi connectivity index (χ0v) is 16.7. The van der Waals surface area contributed by atoms with Crippen molar-refractivity contribution in [1.82, 2.24) is 4.90 Å². The summed E-state index contributed by atoms with van der Waals surface area (Å²) in [5.41, 5.74) is 2.14. The summed E-state index contributed by atoms with van der Waals surface area (Å²) in [7, 11) is 0. The summed E-state index contributed by atoms with van der Waals surface area (Å²) in [5, 5.41) is 2.72. The molecule has 1 aromatic carbocycles. The number of hydrogen-bond acceptors (Lipinski definition) is 4. The summed E-state index contributed by atoms with van der Waals surface area (Å²) in [6.07, 6.45) is 2.19. The van der Waals surface area contributed by atoms with Gasteiger partial charge in [0, 0.05) is 23.1 Å². The Morgan fingerprint density at radius 1 is 1.35 bits per heavy atom. The molecular formula is C20H24ClNO3S. The molecule has 0 unspecified atom stereocenters. The number of carbonyl (C=O) groups excluding carboxylic acids is 1. The van der Waals surface area contributed by atoms with Gasteiger partial charge in [0.25, 0.3) is 5.91 Å². The van der Waals surface area contributed by atoms with E-state index in [2.05, 4.69) is 18.4 Å². The first-order valence-electron chi connectivity index (χ1n) is 8.84. The molecule has 4 nitrogen and oxygen atoms in total. The second kappa shape index (κ2) is 8.89. The van der Waals surface area contributed by atoms with Gasteiger partial charge in [-0.3, -0.25) is 4.79 Å². The maximum absolute atomic E-state index is 12.8. The summed E-state index contributed by atoms with van der Waals surface area (Å²) < 4.78 is 11.5. The lowest BCUT2D eigenvalue weighted by Gasteiger charge is -2.25. The van der Waals surface area contributed by atoms with E-state index in [9.17, 15) is 4.79 Å². The minimum absolute atomic E-state index is 0.0135. The van der Waals surface area contributed by atoms with Crippen LogP contribution >= 0.6 is 22.9 Å². The fraction of sp³-hybridized carbons (Fsp3) is 0.450. The molecule has 0 aliphatic carbocycles. The molecule has 0 N–H and O–H groups in total. The average molecular weight is 394 g/mol. The van der Waals surface area contributed by atoms with Crippen molar-refractivity contribution in [3.05, 3.63) is 50.7 Å². The summed E-state index contributed by atoms with van der Waals surface area (Å²) >= 11 is 7.66. The Morgan fingerprint density at radius 3 is 2.85 bits per heavy atom. The van der Waals surface area contributed by atoms with Crippen molar-refractivity contribution in [2.75, 3.05) is 19.8 Å². The van der Waals surface area contributed by atoms with Crippen molar-refractivity contribution in [3.63, 3.8) is 0 Å². The van der Waals surface area contributed by atoms with E-state index in [1.165, 1.54) is 10.4 Å². The molecule has 1 atom stereocenters. The fourth-order valence-electron chi connectivity index (χ4n) is 3.03. The lowest BCUT2D eigenvalue weighted by molar-refractivity contribution is -0.135. The topological polar surface area (TPSA) is 38.8 Å². The van der Waals surface area contributed by atoms with E-state index in [1.807, 2.05) is 17.9 Å². The van der Waals surface area contributed by atoms with Crippen molar-refractivity contribution in [2.45, 2.75) is 39.3 Å². The van der Waals surface area contributed by atoms with Gasteiger partial charge in [-0.15, -0.1) is 11.3 Å². The van der Waals surface area contributed by atoms with Crippen molar-refractivity contribution >= 4 is 28.8 Å². The van der Waals surface area contributed by atoms with Crippen LogP contribution in [0.4, 0.5) is 0 Å². The molecule has 140 valence electrons. The van der Waals surface area contributed by atoms with E-state index in [-0.39, 0.29) is 18.6 Å². The number of hydrogen-bond donors (Lipinski definition) is 0. The summed E-state index contributed by atoms with van der Waals surface area (Å²) in [5.74, 6) is 0.662. The van der Waals surface area contributed by atoms with Crippen LogP contribution in [0.3, 0.4) is 0 Å². The van der Waals surface area contributed by atoms with Gasteiger partial charge in [0.05, 0.1) is 12.6 Å². The zero-order chi connectivity index (χ0) is 18.5. The molecule has 1 saturated heterocycles. The fourth-order valence-corrected chi connectivity index (χ4v) is 4.18. The number of halogens is 1. The highest BCUT2D eigenvalue weighted by Crippen LogP contribution is 2.23. The standard InChI is InChI=1S/C20H24ClNO3S/c1-14-7-9-26-19(14)12-22(11-17-4-3-8-24-17)20(23)13-25-18-6-5-16(21)10-15(18)2/h5-7,9-10,17H,3-4,8,11-13H2,1-2H3/t17-/m1/s1. The van der Waals surface area contributed by atoms with Crippen LogP contribution in [0.25, 0.3) is 0 Å². The molecule has 0 radical (unpaired) electrons. The molecule has 26 heavy (non-hydrogen) atoms. The third-order valence-electron chi connectivity index (χ3n) is 4.59. The largest absolute Gasteiger partial charge is 0.483 e. The highest BCUT2D eigenvalue weighted by atomic mass is 35.5. The Morgan fingerprint density at radius 2 is 2.19 bits per heavy atom. The molecule has 1 amide bonds. The lowest BCUT2D eigenvalue weighted by Crippen LogP contribution is -2.39. The second-order valence-electron chi connectivity index (χ2n) is 6.63. The number of thiophene rings is 1. The van der Waals surface area contributed by atoms with Crippen LogP contribution in [-0.4, -0.2) is 36.7 Å². The highest BCUT2D eigenvalue weighted by Gasteiger charge is 2.24. The van der Waals surface area contributed by atoms with E-state index >= 15 is 0 Å². The Bertz CT molecular complexity index is 755. The van der Waals surface area contributed by atoms with E-state index in [0.717, 1.165) is 25.0 Å². The van der Waals surface area contributed by atoms with Crippen LogP contribution in [0, 0.1) is 13.8 Å². The number of aryl methyl sites for hydroxylation is 2. The van der Waals surface area contributed by atoms with Crippen molar-refractivity contribution in [3.8, 4) is 5.75 Å². The second-order valence-corrected chi connectivity index (χ2v) is 8.07. The number of rotatable bonds is 7. The van der Waals surface area contributed by atoms with Crippen LogP contribution in [0.1, 0.15) is 28.8 Å². The summed E-state index contributed by atoms with van der Waals surface area (Å²) in [6, 6.07) is 7.50. The number of amides is 1. The maximum atomic E-state index is 12.8. The molecule has 1 aromatic heterocycles. The average Bonchev–Trinajstić information content (AvgIpc) is 3.25. The molecule has 0 bridgehead atoms. The third kappa shape index (κ3) is 5.00. The van der Waals surface area contributed by atoms with E-state index in [1.54, 1.807) is 23.5 Å². The van der Waals surface area contributed by atoms with Crippen LogP contribution in [0.5, 0.6) is 5.75 Å². The number of benzene rings is 1. The van der Waals surface area contributed by atoms with Gasteiger partial charge in [0.15, 0.2) is 6.61 Å². The molecular weight excluding hydrogens is 370 g/mol. The van der Waals surface area contributed by atoms with Crippen molar-refractivity contribution in [2.24, 2.45) is 0 Å². The Hall–Kier alpha value is -1.56. The number of carbonyl (C=O) groups is 1. The molecule has 0 spiro atoms. The highest BCUT2D eigenvalue weighted by molar-refractivity contribution is 7.10. The zero-order valence-electron chi connectivity index (χ0n) is 15.2. The van der Waals surface area contributed by atoms with Crippen LogP contribution in [-0.2, 0) is 16.1 Å². The summed E-state index contributed by atoms with van der Waals surface area (Å²) in [4.78, 5) is 15.9. The smallest absolute Gasteiger partial charge is 0.260 e. The Kier molecular flexibility index (Phi) is 6.57. The molecule has 1 aliphatic rings. The van der Waals surface area contributed by atoms with Gasteiger partial charge < -0.3 is 14.4 Å². The van der Waals surface area contributed by atoms with Crippen molar-refractivity contribution < 1.29 is 14.3 Å². The molecule has 3 rings (SSSR count). The normalized spacial score (nSPS) is 16.7. The van der Waals surface area contributed by atoms with Crippen molar-refractivity contribution in [1.29, 1.82) is 0 Å². The third-order valence-corrected chi connectivity index (χ3v) is 5.83. The number of nitrogens with zero attached hydrogens (tertiary/aromatic N) is 1. The van der Waals surface area contributed by atoms with E-state index in [4.69, 9.17) is 21.1 Å². The maximum Gasteiger partial charge on any atom is 0.260 e. The van der Waals surface area contributed by atoms with Gasteiger partial charge >= 0.3 is 0 Å². The quantitative estimate of drug-likeness (QED) is 0.689. The lowest BCUT2D eigenvalue weighted by atomic mass is 10.2. The molecule has 1 fully saturated rings. The van der Waals surface area contributed by atoms with Gasteiger partial charge in [-0.25, -0.2) is 0 Å². The van der Waals surface area contributed by atoms with E-state index in [0.29, 0.717) is 23.9 Å². The number of ether oxygens (including phenoxy) is 2. The summed E-state index contributed by atoms with van der Waals surface area (Å²) in [6.45, 7) is 6.01. The Balaban J connectivity index is 1.65. The predicted molar refractivity (Wildman–Crippen MR) is 105 cm³/mol. The molecule has 0 saturated carbocycles. The van der Waals surface area contributed by atoms with Crippen LogP contribution < -0.4 is 4.74 Å². The van der Waals surface area contributed by atoms with Crippen LogP contribution in [0.2, 0.25) is 5.02 Å². The monoisotopic (exact) mass is 393 g/mol. The molecule has 6 heteroatoms. The van der Waals surface area contributed by atoms with Crippen LogP contribution in [0.15, 0.2) is 29.6 Å². The minimum atomic E-state index is -0.0253. The van der Waals surface area contributed by atoms with Gasteiger partial charge in [0.1, 0.15) is 5.75 Å². The first kappa shape index (κ1) is 19.2. The Labute approximate surface area is 163 Å². The first-order chi connectivity index (χ1) is 12.5. The minimum Gasteiger partial charge on any atom is -0.483 e. The molecule has 2 heterocycles.